The molecular formula is C16H16ClF3IN3O2. The zero-order valence-corrected chi connectivity index (χ0v) is 16.6. The van der Waals surface area contributed by atoms with Crippen LogP contribution in [0.5, 0.6) is 11.5 Å². The van der Waals surface area contributed by atoms with Crippen LogP contribution in [-0.4, -0.2) is 19.4 Å². The van der Waals surface area contributed by atoms with Gasteiger partial charge in [0, 0.05) is 11.3 Å². The van der Waals surface area contributed by atoms with Gasteiger partial charge in [0.25, 0.3) is 0 Å². The Morgan fingerprint density at radius 2 is 1.88 bits per heavy atom. The Bertz CT molecular complexity index is 773. The third-order valence-electron chi connectivity index (χ3n) is 3.04. The quantitative estimate of drug-likeness (QED) is 0.351. The summed E-state index contributed by atoms with van der Waals surface area (Å²) in [6, 6.07) is 10.6. The maximum atomic E-state index is 12.4. The third-order valence-corrected chi connectivity index (χ3v) is 3.34. The number of benzene rings is 2. The van der Waals surface area contributed by atoms with Gasteiger partial charge in [0.1, 0.15) is 11.5 Å². The molecule has 0 bridgehead atoms. The highest BCUT2D eigenvalue weighted by molar-refractivity contribution is 14.0. The van der Waals surface area contributed by atoms with Crippen molar-refractivity contribution in [1.82, 2.24) is 0 Å². The second kappa shape index (κ2) is 9.72. The number of hydrogen-bond donors (Lipinski definition) is 2. The van der Waals surface area contributed by atoms with Gasteiger partial charge in [-0.05, 0) is 24.3 Å². The summed E-state index contributed by atoms with van der Waals surface area (Å²) in [7, 11) is 1.49. The summed E-state index contributed by atoms with van der Waals surface area (Å²) in [5.41, 5.74) is 6.56. The molecule has 0 aliphatic carbocycles. The lowest BCUT2D eigenvalue weighted by molar-refractivity contribution is -0.274. The van der Waals surface area contributed by atoms with Crippen LogP contribution in [0.1, 0.15) is 5.56 Å². The molecule has 26 heavy (non-hydrogen) atoms. The molecular weight excluding hydrogens is 486 g/mol. The van der Waals surface area contributed by atoms with Gasteiger partial charge in [0.2, 0.25) is 0 Å². The number of alkyl halides is 3. The van der Waals surface area contributed by atoms with Crippen molar-refractivity contribution in [3.05, 3.63) is 53.1 Å². The summed E-state index contributed by atoms with van der Waals surface area (Å²) >= 11 is 6.00. The van der Waals surface area contributed by atoms with Gasteiger partial charge in [0.15, 0.2) is 5.96 Å². The molecule has 0 aliphatic rings. The molecule has 0 spiro atoms. The Labute approximate surface area is 170 Å². The van der Waals surface area contributed by atoms with Crippen LogP contribution in [0.2, 0.25) is 5.02 Å². The molecule has 10 heteroatoms. The van der Waals surface area contributed by atoms with E-state index in [0.717, 1.165) is 0 Å². The predicted molar refractivity (Wildman–Crippen MR) is 105 cm³/mol. The van der Waals surface area contributed by atoms with Gasteiger partial charge in [-0.25, -0.2) is 4.99 Å². The minimum absolute atomic E-state index is 0. The molecule has 5 nitrogen and oxygen atoms in total. The molecule has 0 amide bonds. The Morgan fingerprint density at radius 1 is 1.19 bits per heavy atom. The zero-order chi connectivity index (χ0) is 18.4. The van der Waals surface area contributed by atoms with E-state index >= 15 is 0 Å². The number of rotatable bonds is 5. The average Bonchev–Trinajstić information content (AvgIpc) is 2.53. The van der Waals surface area contributed by atoms with Crippen molar-refractivity contribution in [1.29, 1.82) is 0 Å². The molecule has 0 saturated carbocycles. The molecule has 0 saturated heterocycles. The summed E-state index contributed by atoms with van der Waals surface area (Å²) in [5.74, 6) is 0.197. The molecule has 0 heterocycles. The first kappa shape index (κ1) is 22.2. The van der Waals surface area contributed by atoms with Crippen LogP contribution >= 0.6 is 35.6 Å². The van der Waals surface area contributed by atoms with E-state index in [-0.39, 0.29) is 47.8 Å². The summed E-state index contributed by atoms with van der Waals surface area (Å²) in [4.78, 5) is 4.01. The molecule has 0 radical (unpaired) electrons. The lowest BCUT2D eigenvalue weighted by Crippen LogP contribution is -2.23. The van der Waals surface area contributed by atoms with E-state index in [1.807, 2.05) is 0 Å². The van der Waals surface area contributed by atoms with E-state index in [2.05, 4.69) is 15.0 Å². The van der Waals surface area contributed by atoms with Crippen LogP contribution in [-0.2, 0) is 6.54 Å². The molecule has 0 aromatic heterocycles. The highest BCUT2D eigenvalue weighted by Gasteiger charge is 2.31. The van der Waals surface area contributed by atoms with Gasteiger partial charge in [-0.3, -0.25) is 0 Å². The summed E-state index contributed by atoms with van der Waals surface area (Å²) in [6.45, 7) is -0.0883. The fraction of sp³-hybridized carbons (Fsp3) is 0.188. The molecule has 2 aromatic rings. The van der Waals surface area contributed by atoms with E-state index in [9.17, 15) is 13.2 Å². The van der Waals surface area contributed by atoms with Crippen molar-refractivity contribution in [3.8, 4) is 11.5 Å². The Balaban J connectivity index is 0.00000338. The number of hydrogen-bond acceptors (Lipinski definition) is 3. The highest BCUT2D eigenvalue weighted by Crippen LogP contribution is 2.28. The number of para-hydroxylation sites is 1. The second-order valence-electron chi connectivity index (χ2n) is 4.83. The zero-order valence-electron chi connectivity index (χ0n) is 13.5. The molecule has 0 aliphatic heterocycles. The maximum absolute atomic E-state index is 12.4. The number of ether oxygens (including phenoxy) is 2. The fourth-order valence-electron chi connectivity index (χ4n) is 1.96. The van der Waals surface area contributed by atoms with Crippen LogP contribution in [0.25, 0.3) is 0 Å². The van der Waals surface area contributed by atoms with Crippen LogP contribution in [0, 0.1) is 0 Å². The Morgan fingerprint density at radius 3 is 2.50 bits per heavy atom. The summed E-state index contributed by atoms with van der Waals surface area (Å²) in [6.07, 6.45) is -4.77. The minimum atomic E-state index is -4.77. The van der Waals surface area contributed by atoms with E-state index in [4.69, 9.17) is 22.1 Å². The predicted octanol–water partition coefficient (Wildman–Crippen LogP) is 4.79. The number of aliphatic imine (C=N–C) groups is 1. The minimum Gasteiger partial charge on any atom is -0.495 e. The molecule has 2 aromatic carbocycles. The van der Waals surface area contributed by atoms with Crippen molar-refractivity contribution in [2.75, 3.05) is 12.4 Å². The number of guanidine groups is 1. The standard InChI is InChI=1S/C16H15ClF3N3O2.HI/c1-24-14-7-6-11(8-12(14)17)23-15(21)22-9-10-4-2-3-5-13(10)25-16(18,19)20;/h2-8H,9H2,1H3,(H3,21,22,23);1H. The van der Waals surface area contributed by atoms with Gasteiger partial charge in [0.05, 0.1) is 18.7 Å². The highest BCUT2D eigenvalue weighted by atomic mass is 127. The summed E-state index contributed by atoms with van der Waals surface area (Å²) in [5, 5.41) is 3.18. The smallest absolute Gasteiger partial charge is 0.495 e. The van der Waals surface area contributed by atoms with Crippen molar-refractivity contribution in [3.63, 3.8) is 0 Å². The topological polar surface area (TPSA) is 68.9 Å². The Kier molecular flexibility index (Phi) is 8.28. The van der Waals surface area contributed by atoms with E-state index in [0.29, 0.717) is 16.5 Å². The first-order valence-electron chi connectivity index (χ1n) is 7.02. The van der Waals surface area contributed by atoms with Gasteiger partial charge in [-0.2, -0.15) is 0 Å². The van der Waals surface area contributed by atoms with Gasteiger partial charge < -0.3 is 20.5 Å². The van der Waals surface area contributed by atoms with Gasteiger partial charge in [-0.1, -0.05) is 29.8 Å². The number of anilines is 1. The molecule has 0 fully saturated rings. The number of nitrogens with zero attached hydrogens (tertiary/aromatic N) is 1. The van der Waals surface area contributed by atoms with Crippen molar-refractivity contribution in [2.24, 2.45) is 10.7 Å². The maximum Gasteiger partial charge on any atom is 0.573 e. The lowest BCUT2D eigenvalue weighted by Gasteiger charge is -2.12. The third kappa shape index (κ3) is 6.79. The SMILES string of the molecule is COc1ccc(NC(N)=NCc2ccccc2OC(F)(F)F)cc1Cl.I. The van der Waals surface area contributed by atoms with Crippen molar-refractivity contribution in [2.45, 2.75) is 12.9 Å². The van der Waals surface area contributed by atoms with Crippen molar-refractivity contribution < 1.29 is 22.6 Å². The Hall–Kier alpha value is -1.88. The normalized spacial score (nSPS) is 11.5. The van der Waals surface area contributed by atoms with Gasteiger partial charge in [-0.15, -0.1) is 37.1 Å². The number of methoxy groups -OCH3 is 1. The van der Waals surface area contributed by atoms with Crippen LogP contribution in [0.15, 0.2) is 47.5 Å². The van der Waals surface area contributed by atoms with Crippen LogP contribution in [0.4, 0.5) is 18.9 Å². The van der Waals surface area contributed by atoms with Crippen LogP contribution in [0.3, 0.4) is 0 Å². The number of halogens is 5. The summed E-state index contributed by atoms with van der Waals surface area (Å²) < 4.78 is 46.2. The fourth-order valence-corrected chi connectivity index (χ4v) is 2.22. The number of nitrogens with two attached hydrogens (primary N) is 1. The van der Waals surface area contributed by atoms with Crippen molar-refractivity contribution >= 4 is 47.2 Å². The molecule has 3 N–H and O–H groups in total. The van der Waals surface area contributed by atoms with E-state index in [1.54, 1.807) is 24.3 Å². The molecule has 0 unspecified atom stereocenters. The molecule has 0 atom stereocenters. The van der Waals surface area contributed by atoms with Crippen LogP contribution < -0.4 is 20.5 Å². The van der Waals surface area contributed by atoms with Gasteiger partial charge >= 0.3 is 6.36 Å². The first-order chi connectivity index (χ1) is 11.8. The number of nitrogens with one attached hydrogen (secondary N) is 1. The lowest BCUT2D eigenvalue weighted by atomic mass is 10.2. The average molecular weight is 502 g/mol. The monoisotopic (exact) mass is 501 g/mol. The molecule has 2 rings (SSSR count). The van der Waals surface area contributed by atoms with E-state index in [1.165, 1.54) is 25.3 Å². The first-order valence-corrected chi connectivity index (χ1v) is 7.40. The van der Waals surface area contributed by atoms with E-state index < -0.39 is 6.36 Å². The molecule has 142 valence electrons. The largest absolute Gasteiger partial charge is 0.573 e. The second-order valence-corrected chi connectivity index (χ2v) is 5.24.